The summed E-state index contributed by atoms with van der Waals surface area (Å²) in [7, 11) is 0. The lowest BCUT2D eigenvalue weighted by molar-refractivity contribution is 1.05. The van der Waals surface area contributed by atoms with Crippen molar-refractivity contribution in [2.24, 2.45) is 0 Å². The molecule has 6 heteroatoms. The molecular weight excluding hydrogens is 390 g/mol. The van der Waals surface area contributed by atoms with Gasteiger partial charge in [-0.3, -0.25) is 9.55 Å². The minimum absolute atomic E-state index is 0.636. The monoisotopic (exact) mass is 405 g/mol. The second-order valence-electron chi connectivity index (χ2n) is 5.87. The summed E-state index contributed by atoms with van der Waals surface area (Å²) in [5.74, 6) is 1.32. The number of rotatable bonds is 4. The second kappa shape index (κ2) is 7.09. The maximum Gasteiger partial charge on any atom is 0.234 e. The standard InChI is InChI=1S/C20H16BrN5/c1-14-5-11-17(12-6-14)26-19(18-4-2-3-13-22-18)24-25-20(26)23-16-9-7-15(21)8-10-16/h2-13H,1H3,(H,23,25). The van der Waals surface area contributed by atoms with E-state index in [-0.39, 0.29) is 0 Å². The molecule has 0 spiro atoms. The van der Waals surface area contributed by atoms with Crippen molar-refractivity contribution in [2.75, 3.05) is 5.32 Å². The molecule has 0 aliphatic heterocycles. The van der Waals surface area contributed by atoms with Gasteiger partial charge in [0.1, 0.15) is 5.69 Å². The summed E-state index contributed by atoms with van der Waals surface area (Å²) >= 11 is 3.45. The smallest absolute Gasteiger partial charge is 0.234 e. The number of aromatic nitrogens is 4. The minimum atomic E-state index is 0.636. The fourth-order valence-electron chi connectivity index (χ4n) is 2.63. The van der Waals surface area contributed by atoms with Gasteiger partial charge in [0.2, 0.25) is 5.95 Å². The Morgan fingerprint density at radius 3 is 2.35 bits per heavy atom. The molecule has 2 heterocycles. The number of pyridine rings is 1. The Morgan fingerprint density at radius 2 is 1.65 bits per heavy atom. The molecule has 0 bridgehead atoms. The quantitative estimate of drug-likeness (QED) is 0.510. The molecule has 2 aromatic carbocycles. The molecule has 1 N–H and O–H groups in total. The zero-order chi connectivity index (χ0) is 17.9. The predicted octanol–water partition coefficient (Wildman–Crippen LogP) is 5.14. The van der Waals surface area contributed by atoms with Gasteiger partial charge in [-0.2, -0.15) is 0 Å². The van der Waals surface area contributed by atoms with E-state index in [4.69, 9.17) is 0 Å². The summed E-state index contributed by atoms with van der Waals surface area (Å²) in [4.78, 5) is 4.43. The van der Waals surface area contributed by atoms with Crippen molar-refractivity contribution in [3.05, 3.63) is 83.0 Å². The third-order valence-electron chi connectivity index (χ3n) is 3.95. The van der Waals surface area contributed by atoms with Crippen LogP contribution in [0.3, 0.4) is 0 Å². The van der Waals surface area contributed by atoms with E-state index in [1.165, 1.54) is 5.56 Å². The van der Waals surface area contributed by atoms with Crippen LogP contribution in [0.2, 0.25) is 0 Å². The van der Waals surface area contributed by atoms with Crippen molar-refractivity contribution >= 4 is 27.6 Å². The first-order valence-electron chi connectivity index (χ1n) is 8.17. The van der Waals surface area contributed by atoms with Crippen molar-refractivity contribution < 1.29 is 0 Å². The number of hydrogen-bond donors (Lipinski definition) is 1. The van der Waals surface area contributed by atoms with Crippen molar-refractivity contribution in [1.29, 1.82) is 0 Å². The highest BCUT2D eigenvalue weighted by atomic mass is 79.9. The van der Waals surface area contributed by atoms with Crippen molar-refractivity contribution in [1.82, 2.24) is 19.7 Å². The van der Waals surface area contributed by atoms with Gasteiger partial charge in [-0.1, -0.05) is 39.7 Å². The maximum absolute atomic E-state index is 4.43. The van der Waals surface area contributed by atoms with Gasteiger partial charge in [0.25, 0.3) is 0 Å². The Kier molecular flexibility index (Phi) is 4.50. The number of halogens is 1. The lowest BCUT2D eigenvalue weighted by Gasteiger charge is -2.12. The van der Waals surface area contributed by atoms with Gasteiger partial charge in [-0.25, -0.2) is 0 Å². The SMILES string of the molecule is Cc1ccc(-n2c(Nc3ccc(Br)cc3)nnc2-c2ccccn2)cc1. The summed E-state index contributed by atoms with van der Waals surface area (Å²) in [6.45, 7) is 2.07. The average Bonchev–Trinajstić information content (AvgIpc) is 3.08. The molecule has 128 valence electrons. The fourth-order valence-corrected chi connectivity index (χ4v) is 2.89. The molecule has 0 atom stereocenters. The Hall–Kier alpha value is -2.99. The van der Waals surface area contributed by atoms with Gasteiger partial charge in [0.15, 0.2) is 5.82 Å². The number of aryl methyl sites for hydroxylation is 1. The van der Waals surface area contributed by atoms with Gasteiger partial charge < -0.3 is 5.32 Å². The van der Waals surface area contributed by atoms with E-state index < -0.39 is 0 Å². The summed E-state index contributed by atoms with van der Waals surface area (Å²) in [6.07, 6.45) is 1.76. The van der Waals surface area contributed by atoms with Crippen LogP contribution in [0.15, 0.2) is 77.4 Å². The van der Waals surface area contributed by atoms with Gasteiger partial charge in [-0.15, -0.1) is 10.2 Å². The molecule has 5 nitrogen and oxygen atoms in total. The molecule has 0 radical (unpaired) electrons. The van der Waals surface area contributed by atoms with E-state index in [0.717, 1.165) is 21.5 Å². The number of nitrogens with one attached hydrogen (secondary N) is 1. The molecule has 2 aromatic heterocycles. The zero-order valence-corrected chi connectivity index (χ0v) is 15.7. The van der Waals surface area contributed by atoms with E-state index in [9.17, 15) is 0 Å². The molecule has 0 amide bonds. The van der Waals surface area contributed by atoms with E-state index in [1.807, 2.05) is 47.0 Å². The fraction of sp³-hybridized carbons (Fsp3) is 0.0500. The molecule has 26 heavy (non-hydrogen) atoms. The van der Waals surface area contributed by atoms with Crippen molar-refractivity contribution in [3.63, 3.8) is 0 Å². The number of nitrogens with zero attached hydrogens (tertiary/aromatic N) is 4. The van der Waals surface area contributed by atoms with E-state index >= 15 is 0 Å². The highest BCUT2D eigenvalue weighted by Gasteiger charge is 2.16. The van der Waals surface area contributed by atoms with Gasteiger partial charge in [0.05, 0.1) is 5.69 Å². The summed E-state index contributed by atoms with van der Waals surface area (Å²) in [5, 5.41) is 12.1. The Balaban J connectivity index is 1.82. The summed E-state index contributed by atoms with van der Waals surface area (Å²) < 4.78 is 3.00. The zero-order valence-electron chi connectivity index (χ0n) is 14.1. The molecule has 4 aromatic rings. The highest BCUT2D eigenvalue weighted by Crippen LogP contribution is 2.26. The van der Waals surface area contributed by atoms with Crippen LogP contribution in [0.1, 0.15) is 5.56 Å². The van der Waals surface area contributed by atoms with Crippen LogP contribution < -0.4 is 5.32 Å². The minimum Gasteiger partial charge on any atom is -0.324 e. The Bertz CT molecular complexity index is 1010. The van der Waals surface area contributed by atoms with Crippen LogP contribution >= 0.6 is 15.9 Å². The molecule has 0 aliphatic rings. The van der Waals surface area contributed by atoms with Crippen LogP contribution in [0, 0.1) is 6.92 Å². The third kappa shape index (κ3) is 3.36. The molecule has 0 aliphatic carbocycles. The molecule has 4 rings (SSSR count). The van der Waals surface area contributed by atoms with E-state index in [2.05, 4.69) is 67.6 Å². The van der Waals surface area contributed by atoms with Crippen molar-refractivity contribution in [2.45, 2.75) is 6.92 Å². The van der Waals surface area contributed by atoms with E-state index in [0.29, 0.717) is 11.8 Å². The first-order valence-corrected chi connectivity index (χ1v) is 8.96. The first-order chi connectivity index (χ1) is 12.7. The summed E-state index contributed by atoms with van der Waals surface area (Å²) in [6, 6.07) is 21.9. The lowest BCUT2D eigenvalue weighted by Crippen LogP contribution is -2.04. The largest absolute Gasteiger partial charge is 0.324 e. The van der Waals surface area contributed by atoms with Crippen LogP contribution in [0.25, 0.3) is 17.2 Å². The third-order valence-corrected chi connectivity index (χ3v) is 4.48. The first kappa shape index (κ1) is 16.5. The second-order valence-corrected chi connectivity index (χ2v) is 6.78. The van der Waals surface area contributed by atoms with Gasteiger partial charge in [-0.05, 0) is 55.5 Å². The van der Waals surface area contributed by atoms with Crippen LogP contribution in [0.4, 0.5) is 11.6 Å². The summed E-state index contributed by atoms with van der Waals surface area (Å²) in [5.41, 5.74) is 3.87. The Morgan fingerprint density at radius 1 is 0.885 bits per heavy atom. The lowest BCUT2D eigenvalue weighted by atomic mass is 10.2. The van der Waals surface area contributed by atoms with Crippen molar-refractivity contribution in [3.8, 4) is 17.2 Å². The van der Waals surface area contributed by atoms with Gasteiger partial charge in [0, 0.05) is 16.4 Å². The number of anilines is 2. The molecule has 0 unspecified atom stereocenters. The van der Waals surface area contributed by atoms with Crippen LogP contribution in [-0.4, -0.2) is 19.7 Å². The number of hydrogen-bond acceptors (Lipinski definition) is 4. The molecule has 0 saturated carbocycles. The molecule has 0 fully saturated rings. The van der Waals surface area contributed by atoms with Crippen LogP contribution in [0.5, 0.6) is 0 Å². The van der Waals surface area contributed by atoms with E-state index in [1.54, 1.807) is 6.20 Å². The predicted molar refractivity (Wildman–Crippen MR) is 107 cm³/mol. The topological polar surface area (TPSA) is 55.6 Å². The highest BCUT2D eigenvalue weighted by molar-refractivity contribution is 9.10. The van der Waals surface area contributed by atoms with Gasteiger partial charge >= 0.3 is 0 Å². The van der Waals surface area contributed by atoms with Crippen LogP contribution in [-0.2, 0) is 0 Å². The molecular formula is C20H16BrN5. The Labute approximate surface area is 159 Å². The molecule has 0 saturated heterocycles. The normalized spacial score (nSPS) is 10.7. The maximum atomic E-state index is 4.43. The number of benzene rings is 2. The average molecular weight is 406 g/mol.